The molecule has 2 rings (SSSR count). The maximum Gasteiger partial charge on any atom is 0.573 e. The van der Waals surface area contributed by atoms with E-state index in [0.717, 1.165) is 37.6 Å². The summed E-state index contributed by atoms with van der Waals surface area (Å²) in [5.41, 5.74) is 0. The minimum Gasteiger partial charge on any atom is -0.406 e. The molecule has 1 unspecified atom stereocenters. The maximum absolute atomic E-state index is 12.3. The van der Waals surface area contributed by atoms with Gasteiger partial charge in [-0.25, -0.2) is 15.0 Å². The monoisotopic (exact) mass is 404 g/mol. The van der Waals surface area contributed by atoms with Gasteiger partial charge in [-0.05, 0) is 25.0 Å². The summed E-state index contributed by atoms with van der Waals surface area (Å²) in [4.78, 5) is 12.9. The fourth-order valence-corrected chi connectivity index (χ4v) is 2.60. The van der Waals surface area contributed by atoms with Gasteiger partial charge in [0.2, 0.25) is 0 Å². The molecule has 1 N–H and O–H groups in total. The molecule has 0 aliphatic carbocycles. The zero-order valence-corrected chi connectivity index (χ0v) is 16.1. The number of nitrogens with zero attached hydrogens (tertiary/aromatic N) is 3. The molecule has 0 radical (unpaired) electrons. The molecule has 2 aromatic heterocycles. The molecule has 0 bridgehead atoms. The number of hydrogen-bond acceptors (Lipinski definition) is 5. The molecule has 9 heteroatoms. The predicted octanol–water partition coefficient (Wildman–Crippen LogP) is 6.01. The first-order valence-electron chi connectivity index (χ1n) is 8.73. The number of rotatable bonds is 9. The van der Waals surface area contributed by atoms with Gasteiger partial charge in [0.1, 0.15) is 23.2 Å². The van der Waals surface area contributed by atoms with Crippen LogP contribution in [0.25, 0.3) is 0 Å². The van der Waals surface area contributed by atoms with E-state index in [1.807, 2.05) is 0 Å². The lowest BCUT2D eigenvalue weighted by Gasteiger charge is -2.14. The second-order valence-electron chi connectivity index (χ2n) is 5.95. The Bertz CT molecular complexity index is 700. The van der Waals surface area contributed by atoms with Crippen molar-refractivity contribution in [3.05, 3.63) is 36.4 Å². The highest BCUT2D eigenvalue weighted by Gasteiger charge is 2.31. The normalized spacial score (nSPS) is 12.2. The van der Waals surface area contributed by atoms with Crippen molar-refractivity contribution in [2.24, 2.45) is 0 Å². The number of alkyl halides is 3. The Kier molecular flexibility index (Phi) is 9.28. The fraction of sp³-hybridized carbons (Fsp3) is 0.500. The molecule has 0 spiro atoms. The molecule has 0 saturated heterocycles. The lowest BCUT2D eigenvalue weighted by Crippen LogP contribution is -2.17. The molecular formula is C18H24ClF3N4O. The van der Waals surface area contributed by atoms with E-state index in [2.05, 4.69) is 38.9 Å². The van der Waals surface area contributed by atoms with Crippen LogP contribution in [0, 0.1) is 0 Å². The average molecular weight is 405 g/mol. The number of anilines is 2. The van der Waals surface area contributed by atoms with Crippen LogP contribution >= 0.6 is 12.4 Å². The van der Waals surface area contributed by atoms with E-state index in [1.165, 1.54) is 18.7 Å². The van der Waals surface area contributed by atoms with Gasteiger partial charge in [0, 0.05) is 24.4 Å². The quantitative estimate of drug-likeness (QED) is 0.518. The summed E-state index contributed by atoms with van der Waals surface area (Å²) in [6.07, 6.45) is 3.53. The van der Waals surface area contributed by atoms with Crippen LogP contribution in [-0.2, 0) is 0 Å². The summed E-state index contributed by atoms with van der Waals surface area (Å²) in [6.45, 7) is 4.26. The van der Waals surface area contributed by atoms with Crippen molar-refractivity contribution in [2.45, 2.75) is 58.2 Å². The molecule has 0 saturated carbocycles. The Morgan fingerprint density at radius 1 is 1.07 bits per heavy atom. The molecule has 0 aliphatic heterocycles. The van der Waals surface area contributed by atoms with Gasteiger partial charge in [-0.1, -0.05) is 33.1 Å². The molecule has 0 aliphatic rings. The van der Waals surface area contributed by atoms with Crippen molar-refractivity contribution in [1.29, 1.82) is 0 Å². The Hall–Kier alpha value is -2.09. The van der Waals surface area contributed by atoms with Crippen molar-refractivity contribution in [1.82, 2.24) is 15.0 Å². The molecule has 2 heterocycles. The van der Waals surface area contributed by atoms with E-state index < -0.39 is 6.36 Å². The first-order chi connectivity index (χ1) is 12.4. The minimum absolute atomic E-state index is 0. The standard InChI is InChI=1S/C18H23F3N4O.ClH/c1-3-5-6-7-13(4-2)17-23-11-9-15(25-17)24-16-12-14(8-10-22-16)26-18(19,20)21;/h8-13H,3-7H2,1-2H3,(H,22,23,24,25);1H. The molecule has 27 heavy (non-hydrogen) atoms. The Morgan fingerprint density at radius 2 is 1.81 bits per heavy atom. The maximum atomic E-state index is 12.3. The van der Waals surface area contributed by atoms with Crippen molar-refractivity contribution < 1.29 is 17.9 Å². The first-order valence-corrected chi connectivity index (χ1v) is 8.73. The topological polar surface area (TPSA) is 59.9 Å². The van der Waals surface area contributed by atoms with Crippen molar-refractivity contribution in [2.75, 3.05) is 5.32 Å². The molecule has 0 aromatic carbocycles. The highest BCUT2D eigenvalue weighted by molar-refractivity contribution is 5.85. The number of hydrogen-bond donors (Lipinski definition) is 1. The van der Waals surface area contributed by atoms with Gasteiger partial charge in [-0.15, -0.1) is 25.6 Å². The van der Waals surface area contributed by atoms with Gasteiger partial charge < -0.3 is 10.1 Å². The van der Waals surface area contributed by atoms with Crippen LogP contribution in [0.4, 0.5) is 24.8 Å². The van der Waals surface area contributed by atoms with Crippen molar-refractivity contribution >= 4 is 24.0 Å². The van der Waals surface area contributed by atoms with Crippen LogP contribution in [0.5, 0.6) is 5.75 Å². The number of ether oxygens (including phenoxy) is 1. The predicted molar refractivity (Wildman–Crippen MR) is 101 cm³/mol. The summed E-state index contributed by atoms with van der Waals surface area (Å²) in [5.74, 6) is 1.36. The molecule has 5 nitrogen and oxygen atoms in total. The Balaban J connectivity index is 0.00000364. The third-order valence-corrected chi connectivity index (χ3v) is 3.91. The number of nitrogens with one attached hydrogen (secondary N) is 1. The van der Waals surface area contributed by atoms with Crippen LogP contribution in [0.3, 0.4) is 0 Å². The van der Waals surface area contributed by atoms with E-state index in [1.54, 1.807) is 12.3 Å². The van der Waals surface area contributed by atoms with E-state index in [-0.39, 0.29) is 29.9 Å². The van der Waals surface area contributed by atoms with E-state index in [9.17, 15) is 13.2 Å². The molecule has 0 amide bonds. The summed E-state index contributed by atoms with van der Waals surface area (Å²) < 4.78 is 40.9. The van der Waals surface area contributed by atoms with E-state index in [0.29, 0.717) is 5.82 Å². The zero-order valence-electron chi connectivity index (χ0n) is 15.3. The van der Waals surface area contributed by atoms with E-state index in [4.69, 9.17) is 0 Å². The van der Waals surface area contributed by atoms with E-state index >= 15 is 0 Å². The zero-order chi connectivity index (χ0) is 19.0. The number of aromatic nitrogens is 3. The van der Waals surface area contributed by atoms with Crippen LogP contribution in [-0.4, -0.2) is 21.3 Å². The van der Waals surface area contributed by atoms with Gasteiger partial charge in [0.15, 0.2) is 0 Å². The SMILES string of the molecule is CCCCCC(CC)c1nccc(Nc2cc(OC(F)(F)F)ccn2)n1.Cl. The van der Waals surface area contributed by atoms with Gasteiger partial charge in [-0.2, -0.15) is 0 Å². The third-order valence-electron chi connectivity index (χ3n) is 3.91. The van der Waals surface area contributed by atoms with Crippen molar-refractivity contribution in [3.8, 4) is 5.75 Å². The van der Waals surface area contributed by atoms with Crippen LogP contribution in [0.15, 0.2) is 30.6 Å². The number of halogens is 4. The number of pyridine rings is 1. The smallest absolute Gasteiger partial charge is 0.406 e. The summed E-state index contributed by atoms with van der Waals surface area (Å²) in [5, 5.41) is 2.91. The second-order valence-corrected chi connectivity index (χ2v) is 5.95. The molecule has 150 valence electrons. The van der Waals surface area contributed by atoms with Gasteiger partial charge in [0.25, 0.3) is 0 Å². The Labute approximate surface area is 163 Å². The van der Waals surface area contributed by atoms with Gasteiger partial charge in [-0.3, -0.25) is 0 Å². The summed E-state index contributed by atoms with van der Waals surface area (Å²) in [6, 6.07) is 3.97. The largest absolute Gasteiger partial charge is 0.573 e. The molecular weight excluding hydrogens is 381 g/mol. The second kappa shape index (κ2) is 10.9. The van der Waals surface area contributed by atoms with Crippen LogP contribution < -0.4 is 10.1 Å². The van der Waals surface area contributed by atoms with Crippen LogP contribution in [0.2, 0.25) is 0 Å². The minimum atomic E-state index is -4.74. The molecule has 1 atom stereocenters. The average Bonchev–Trinajstić information content (AvgIpc) is 2.58. The number of unbranched alkanes of at least 4 members (excludes halogenated alkanes) is 2. The fourth-order valence-electron chi connectivity index (χ4n) is 2.60. The molecule has 2 aromatic rings. The molecule has 0 fully saturated rings. The van der Waals surface area contributed by atoms with Gasteiger partial charge >= 0.3 is 6.36 Å². The summed E-state index contributed by atoms with van der Waals surface area (Å²) >= 11 is 0. The third kappa shape index (κ3) is 7.99. The lowest BCUT2D eigenvalue weighted by atomic mass is 9.98. The highest BCUT2D eigenvalue weighted by Crippen LogP contribution is 2.26. The highest BCUT2D eigenvalue weighted by atomic mass is 35.5. The van der Waals surface area contributed by atoms with Gasteiger partial charge in [0.05, 0.1) is 0 Å². The summed E-state index contributed by atoms with van der Waals surface area (Å²) in [7, 11) is 0. The van der Waals surface area contributed by atoms with Crippen LogP contribution in [0.1, 0.15) is 57.7 Å². The lowest BCUT2D eigenvalue weighted by molar-refractivity contribution is -0.274. The van der Waals surface area contributed by atoms with Crippen molar-refractivity contribution in [3.63, 3.8) is 0 Å². The first kappa shape index (κ1) is 23.0. The Morgan fingerprint density at radius 3 is 2.48 bits per heavy atom.